The summed E-state index contributed by atoms with van der Waals surface area (Å²) < 4.78 is 0. The number of hydrogen-bond donors (Lipinski definition) is 3. The molecule has 0 aromatic carbocycles. The molecule has 2 aliphatic heterocycles. The van der Waals surface area contributed by atoms with Gasteiger partial charge in [0, 0.05) is 19.5 Å². The zero-order chi connectivity index (χ0) is 17.2. The molecule has 2 aliphatic rings. The van der Waals surface area contributed by atoms with E-state index in [1.807, 2.05) is 30.9 Å². The number of carbonyl (C=O) groups is 2. The first kappa shape index (κ1) is 17.9. The molecule has 0 unspecified atom stereocenters. The number of fused-ring (bicyclic) bond motifs is 1. The largest absolute Gasteiger partial charge is 0.480 e. The highest BCUT2D eigenvalue weighted by atomic mass is 16.4. The monoisotopic (exact) mass is 324 g/mol. The molecule has 0 aromatic rings. The Morgan fingerprint density at radius 3 is 2.65 bits per heavy atom. The molecule has 130 valence electrons. The minimum absolute atomic E-state index is 0.0154. The fourth-order valence-corrected chi connectivity index (χ4v) is 4.36. The van der Waals surface area contributed by atoms with Crippen LogP contribution in [0.5, 0.6) is 0 Å². The molecule has 0 bridgehead atoms. The predicted molar refractivity (Wildman–Crippen MR) is 86.9 cm³/mol. The Balaban J connectivity index is 2.39. The fraction of sp³-hybridized carbons (Fsp3) is 0.765. The number of amides is 1. The zero-order valence-corrected chi connectivity index (χ0v) is 14.2. The van der Waals surface area contributed by atoms with Crippen molar-refractivity contribution in [1.82, 2.24) is 10.2 Å². The van der Waals surface area contributed by atoms with Gasteiger partial charge in [-0.05, 0) is 32.1 Å². The van der Waals surface area contributed by atoms with Crippen LogP contribution in [-0.4, -0.2) is 57.3 Å². The summed E-state index contributed by atoms with van der Waals surface area (Å²) in [4.78, 5) is 25.3. The Morgan fingerprint density at radius 1 is 1.43 bits per heavy atom. The molecule has 0 saturated carbocycles. The molecule has 0 aliphatic carbocycles. The van der Waals surface area contributed by atoms with Crippen molar-refractivity contribution in [2.45, 2.75) is 70.2 Å². The quantitative estimate of drug-likeness (QED) is 0.660. The lowest BCUT2D eigenvalue weighted by Crippen LogP contribution is -2.68. The number of nitrogens with zero attached hydrogens (tertiary/aromatic N) is 1. The Labute approximate surface area is 137 Å². The van der Waals surface area contributed by atoms with Crippen molar-refractivity contribution in [3.05, 3.63) is 12.2 Å². The Morgan fingerprint density at radius 2 is 2.13 bits per heavy atom. The molecule has 6 nitrogen and oxygen atoms in total. The minimum atomic E-state index is -0.977. The van der Waals surface area contributed by atoms with Gasteiger partial charge in [0.1, 0.15) is 6.04 Å². The zero-order valence-electron chi connectivity index (χ0n) is 14.2. The van der Waals surface area contributed by atoms with Crippen LogP contribution < -0.4 is 5.32 Å². The van der Waals surface area contributed by atoms with Crippen LogP contribution in [0.4, 0.5) is 0 Å². The average molecular weight is 324 g/mol. The van der Waals surface area contributed by atoms with Crippen molar-refractivity contribution in [2.24, 2.45) is 5.92 Å². The van der Waals surface area contributed by atoms with Crippen LogP contribution >= 0.6 is 0 Å². The lowest BCUT2D eigenvalue weighted by atomic mass is 9.75. The number of nitrogens with one attached hydrogen (secondary N) is 1. The third kappa shape index (κ3) is 3.43. The second-order valence-electron chi connectivity index (χ2n) is 6.79. The fourth-order valence-electron chi connectivity index (χ4n) is 4.36. The molecule has 3 N–H and O–H groups in total. The number of piperidine rings is 1. The number of allylic oxidation sites excluding steroid dienone is 1. The first-order chi connectivity index (χ1) is 10.8. The molecule has 0 radical (unpaired) electrons. The summed E-state index contributed by atoms with van der Waals surface area (Å²) in [7, 11) is 0. The molecule has 0 aromatic heterocycles. The van der Waals surface area contributed by atoms with E-state index in [1.54, 1.807) is 0 Å². The molecule has 5 atom stereocenters. The molecule has 1 amide bonds. The Bertz CT molecular complexity index is 493. The summed E-state index contributed by atoms with van der Waals surface area (Å²) in [5.74, 6) is -1.00. The molecule has 2 fully saturated rings. The molecular formula is C17H28N2O4. The first-order valence-corrected chi connectivity index (χ1v) is 8.45. The summed E-state index contributed by atoms with van der Waals surface area (Å²) in [6.07, 6.45) is 6.34. The maximum Gasteiger partial charge on any atom is 0.320 e. The number of aliphatic carboxylic acids is 1. The van der Waals surface area contributed by atoms with Crippen LogP contribution in [-0.2, 0) is 9.59 Å². The van der Waals surface area contributed by atoms with Crippen LogP contribution in [0.1, 0.15) is 46.5 Å². The number of rotatable bonds is 5. The van der Waals surface area contributed by atoms with E-state index >= 15 is 0 Å². The minimum Gasteiger partial charge on any atom is -0.480 e. The smallest absolute Gasteiger partial charge is 0.320 e. The van der Waals surface area contributed by atoms with E-state index in [2.05, 4.69) is 5.32 Å². The third-order valence-corrected chi connectivity index (χ3v) is 5.21. The van der Waals surface area contributed by atoms with Crippen LogP contribution in [0.2, 0.25) is 0 Å². The number of carbonyl (C=O) groups excluding carboxylic acids is 1. The van der Waals surface area contributed by atoms with Crippen molar-refractivity contribution < 1.29 is 19.8 Å². The van der Waals surface area contributed by atoms with Gasteiger partial charge in [-0.3, -0.25) is 14.5 Å². The average Bonchev–Trinajstić information content (AvgIpc) is 2.82. The van der Waals surface area contributed by atoms with Crippen molar-refractivity contribution in [3.8, 4) is 0 Å². The summed E-state index contributed by atoms with van der Waals surface area (Å²) >= 11 is 0. The van der Waals surface area contributed by atoms with Crippen molar-refractivity contribution >= 4 is 11.9 Å². The van der Waals surface area contributed by atoms with Gasteiger partial charge in [0.25, 0.3) is 0 Å². The van der Waals surface area contributed by atoms with Crippen molar-refractivity contribution in [1.29, 1.82) is 0 Å². The van der Waals surface area contributed by atoms with E-state index in [-0.39, 0.29) is 17.9 Å². The van der Waals surface area contributed by atoms with Gasteiger partial charge in [0.05, 0.1) is 11.6 Å². The van der Waals surface area contributed by atoms with E-state index in [9.17, 15) is 19.8 Å². The van der Waals surface area contributed by atoms with Crippen molar-refractivity contribution in [2.75, 3.05) is 6.54 Å². The normalized spacial score (nSPS) is 37.7. The second kappa shape index (κ2) is 7.01. The third-order valence-electron chi connectivity index (χ3n) is 5.21. The first-order valence-electron chi connectivity index (χ1n) is 8.45. The molecule has 6 heteroatoms. The van der Waals surface area contributed by atoms with Crippen LogP contribution in [0.3, 0.4) is 0 Å². The highest BCUT2D eigenvalue weighted by molar-refractivity contribution is 5.75. The van der Waals surface area contributed by atoms with Gasteiger partial charge in [0.2, 0.25) is 5.91 Å². The van der Waals surface area contributed by atoms with Crippen LogP contribution in [0, 0.1) is 5.92 Å². The molecule has 23 heavy (non-hydrogen) atoms. The van der Waals surface area contributed by atoms with E-state index in [1.165, 1.54) is 6.92 Å². The topological polar surface area (TPSA) is 89.9 Å². The lowest BCUT2D eigenvalue weighted by molar-refractivity contribution is -0.146. The Kier molecular flexibility index (Phi) is 5.47. The van der Waals surface area contributed by atoms with Crippen molar-refractivity contribution in [3.63, 3.8) is 0 Å². The lowest BCUT2D eigenvalue weighted by Gasteiger charge is -2.49. The van der Waals surface area contributed by atoms with E-state index in [0.29, 0.717) is 25.8 Å². The maximum absolute atomic E-state index is 11.7. The highest BCUT2D eigenvalue weighted by Crippen LogP contribution is 2.42. The van der Waals surface area contributed by atoms with E-state index in [0.717, 1.165) is 6.42 Å². The summed E-state index contributed by atoms with van der Waals surface area (Å²) in [6, 6.07) is -1.18. The number of carboxylic acid groups (broad SMARTS) is 1. The van der Waals surface area contributed by atoms with Gasteiger partial charge in [-0.2, -0.15) is 0 Å². The predicted octanol–water partition coefficient (Wildman–Crippen LogP) is 1.15. The second-order valence-corrected chi connectivity index (χ2v) is 6.79. The summed E-state index contributed by atoms with van der Waals surface area (Å²) in [5.41, 5.74) is -0.977. The van der Waals surface area contributed by atoms with Gasteiger partial charge in [-0.25, -0.2) is 0 Å². The van der Waals surface area contributed by atoms with Crippen LogP contribution in [0.15, 0.2) is 12.2 Å². The van der Waals surface area contributed by atoms with Gasteiger partial charge >= 0.3 is 5.97 Å². The van der Waals surface area contributed by atoms with Gasteiger partial charge < -0.3 is 15.5 Å². The summed E-state index contributed by atoms with van der Waals surface area (Å²) in [6.45, 7) is 5.90. The SMILES string of the molecule is C/C=C\[C@@H]1C[C@H](C(=O)O)N2CC[C@](O)(CCC)[C@H](NC(C)=O)[C@@H]12. The Hall–Kier alpha value is -1.40. The number of carboxylic acids is 1. The number of aliphatic hydroxyl groups is 1. The molecular weight excluding hydrogens is 296 g/mol. The number of hydrogen-bond acceptors (Lipinski definition) is 4. The molecule has 0 spiro atoms. The standard InChI is InChI=1S/C17H28N2O4/c1-4-6-12-10-13(16(21)22)19-9-8-17(23,7-5-2)15(14(12)19)18-11(3)20/h4,6,12-15,23H,5,7-10H2,1-3H3,(H,18,20)(H,21,22)/b6-4-/t12-,13-,14-,15-,17-/m1/s1. The molecule has 2 heterocycles. The molecule has 2 rings (SSSR count). The highest BCUT2D eigenvalue weighted by Gasteiger charge is 2.56. The van der Waals surface area contributed by atoms with E-state index in [4.69, 9.17) is 0 Å². The summed E-state index contributed by atoms with van der Waals surface area (Å²) in [5, 5.41) is 23.6. The maximum atomic E-state index is 11.7. The van der Waals surface area contributed by atoms with Gasteiger partial charge in [-0.1, -0.05) is 25.5 Å². The van der Waals surface area contributed by atoms with Crippen LogP contribution in [0.25, 0.3) is 0 Å². The van der Waals surface area contributed by atoms with Gasteiger partial charge in [-0.15, -0.1) is 0 Å². The molecule has 2 saturated heterocycles. The van der Waals surface area contributed by atoms with Gasteiger partial charge in [0.15, 0.2) is 0 Å². The van der Waals surface area contributed by atoms with E-state index < -0.39 is 23.7 Å².